The Hall–Kier alpha value is -4.21. The van der Waals surface area contributed by atoms with Gasteiger partial charge in [-0.15, -0.1) is 0 Å². The van der Waals surface area contributed by atoms with Crippen molar-refractivity contribution in [2.45, 2.75) is 32.9 Å². The Balaban J connectivity index is 1.20. The number of ether oxygens (including phenoxy) is 3. The van der Waals surface area contributed by atoms with Crippen LogP contribution in [0.3, 0.4) is 0 Å². The number of aryl methyl sites for hydroxylation is 1. The van der Waals surface area contributed by atoms with Crippen molar-refractivity contribution in [2.75, 3.05) is 33.4 Å². The van der Waals surface area contributed by atoms with Gasteiger partial charge in [0.05, 0.1) is 25.6 Å². The van der Waals surface area contributed by atoms with E-state index in [0.29, 0.717) is 24.0 Å². The molecule has 1 saturated heterocycles. The third-order valence-electron chi connectivity index (χ3n) is 7.87. The van der Waals surface area contributed by atoms with Gasteiger partial charge in [0, 0.05) is 31.8 Å². The molecule has 212 valence electrons. The Morgan fingerprint density at radius 1 is 1.15 bits per heavy atom. The molecule has 9 heteroatoms. The summed E-state index contributed by atoms with van der Waals surface area (Å²) in [5.74, 6) is 0.872. The van der Waals surface area contributed by atoms with Crippen LogP contribution in [0.5, 0.6) is 11.6 Å². The molecule has 4 aromatic rings. The lowest BCUT2D eigenvalue weighted by atomic mass is 9.96. The van der Waals surface area contributed by atoms with Crippen LogP contribution in [0.25, 0.3) is 17.1 Å². The molecule has 0 unspecified atom stereocenters. The minimum Gasteiger partial charge on any atom is -0.488 e. The fourth-order valence-corrected chi connectivity index (χ4v) is 5.74. The molecule has 2 aromatic heterocycles. The Kier molecular flexibility index (Phi) is 7.71. The van der Waals surface area contributed by atoms with E-state index in [1.165, 1.54) is 35.5 Å². The van der Waals surface area contributed by atoms with E-state index >= 15 is 0 Å². The SMILES string of the molecule is COc1c(C(=O)O)cnn1-c1cccc(-c2cccc(C)c2OCc2ccc3c(c2)CCN(C[C@@H]2CCOC2)C3)n1. The molecule has 0 aliphatic carbocycles. The molecule has 1 atom stereocenters. The average molecular weight is 555 g/mol. The van der Waals surface area contributed by atoms with E-state index in [-0.39, 0.29) is 11.4 Å². The Bertz CT molecular complexity index is 1560. The monoisotopic (exact) mass is 554 g/mol. The third kappa shape index (κ3) is 5.68. The Morgan fingerprint density at radius 2 is 2.02 bits per heavy atom. The molecule has 0 saturated carbocycles. The van der Waals surface area contributed by atoms with Crippen LogP contribution in [-0.4, -0.2) is 64.2 Å². The third-order valence-corrected chi connectivity index (χ3v) is 7.87. The predicted octanol–water partition coefficient (Wildman–Crippen LogP) is 4.92. The summed E-state index contributed by atoms with van der Waals surface area (Å²) in [6.45, 7) is 7.44. The van der Waals surface area contributed by atoms with Gasteiger partial charge in [0.2, 0.25) is 5.88 Å². The van der Waals surface area contributed by atoms with Crippen molar-refractivity contribution in [1.82, 2.24) is 19.7 Å². The fourth-order valence-electron chi connectivity index (χ4n) is 5.74. The van der Waals surface area contributed by atoms with Crippen molar-refractivity contribution in [1.29, 1.82) is 0 Å². The molecule has 0 amide bonds. The molecule has 41 heavy (non-hydrogen) atoms. The molecule has 0 spiro atoms. The molecule has 6 rings (SSSR count). The lowest BCUT2D eigenvalue weighted by Crippen LogP contribution is -2.34. The number of pyridine rings is 1. The highest BCUT2D eigenvalue weighted by Gasteiger charge is 2.23. The number of benzene rings is 2. The summed E-state index contributed by atoms with van der Waals surface area (Å²) in [7, 11) is 1.42. The van der Waals surface area contributed by atoms with Gasteiger partial charge in [0.25, 0.3) is 0 Å². The van der Waals surface area contributed by atoms with Crippen LogP contribution in [0.2, 0.25) is 0 Å². The van der Waals surface area contributed by atoms with Crippen molar-refractivity contribution < 1.29 is 24.1 Å². The first-order valence-corrected chi connectivity index (χ1v) is 14.0. The van der Waals surface area contributed by atoms with Crippen LogP contribution in [-0.2, 0) is 24.3 Å². The second-order valence-electron chi connectivity index (χ2n) is 10.7. The van der Waals surface area contributed by atoms with Gasteiger partial charge in [-0.05, 0) is 66.1 Å². The first-order chi connectivity index (χ1) is 20.0. The highest BCUT2D eigenvalue weighted by molar-refractivity contribution is 5.90. The molecule has 2 aliphatic heterocycles. The fraction of sp³-hybridized carbons (Fsp3) is 0.344. The van der Waals surface area contributed by atoms with Crippen molar-refractivity contribution in [2.24, 2.45) is 5.92 Å². The molecular formula is C32H34N4O5. The van der Waals surface area contributed by atoms with E-state index in [0.717, 1.165) is 61.7 Å². The molecule has 0 bridgehead atoms. The normalized spacial score (nSPS) is 16.9. The maximum Gasteiger partial charge on any atom is 0.342 e. The topological polar surface area (TPSA) is 98.9 Å². The minimum absolute atomic E-state index is 0.0274. The molecule has 0 radical (unpaired) electrons. The molecule has 1 fully saturated rings. The molecule has 9 nitrogen and oxygen atoms in total. The van der Waals surface area contributed by atoms with Crippen molar-refractivity contribution in [3.05, 3.63) is 88.6 Å². The summed E-state index contributed by atoms with van der Waals surface area (Å²) < 4.78 is 18.7. The smallest absolute Gasteiger partial charge is 0.342 e. The second kappa shape index (κ2) is 11.7. The number of fused-ring (bicyclic) bond motifs is 1. The number of hydrogen-bond acceptors (Lipinski definition) is 7. The molecule has 2 aromatic carbocycles. The quantitative estimate of drug-likeness (QED) is 0.311. The zero-order valence-corrected chi connectivity index (χ0v) is 23.4. The van der Waals surface area contributed by atoms with Gasteiger partial charge < -0.3 is 19.3 Å². The number of rotatable bonds is 9. The highest BCUT2D eigenvalue weighted by Crippen LogP contribution is 2.34. The summed E-state index contributed by atoms with van der Waals surface area (Å²) in [5, 5.41) is 13.7. The minimum atomic E-state index is -1.11. The number of carbonyl (C=O) groups is 1. The maximum atomic E-state index is 11.6. The van der Waals surface area contributed by atoms with Crippen LogP contribution in [0, 0.1) is 12.8 Å². The zero-order chi connectivity index (χ0) is 28.3. The molecule has 2 aliphatic rings. The van der Waals surface area contributed by atoms with Crippen molar-refractivity contribution >= 4 is 5.97 Å². The van der Waals surface area contributed by atoms with E-state index < -0.39 is 5.97 Å². The molecular weight excluding hydrogens is 520 g/mol. The van der Waals surface area contributed by atoms with Gasteiger partial charge in [-0.25, -0.2) is 9.78 Å². The maximum absolute atomic E-state index is 11.6. The van der Waals surface area contributed by atoms with Crippen LogP contribution in [0.4, 0.5) is 0 Å². The van der Waals surface area contributed by atoms with Gasteiger partial charge in [-0.1, -0.05) is 36.4 Å². The van der Waals surface area contributed by atoms with Crippen LogP contribution < -0.4 is 9.47 Å². The lowest BCUT2D eigenvalue weighted by Gasteiger charge is -2.30. The summed E-state index contributed by atoms with van der Waals surface area (Å²) in [6, 6.07) is 18.2. The summed E-state index contributed by atoms with van der Waals surface area (Å²) >= 11 is 0. The van der Waals surface area contributed by atoms with E-state index in [2.05, 4.69) is 28.2 Å². The molecule has 4 heterocycles. The van der Waals surface area contributed by atoms with E-state index in [4.69, 9.17) is 19.2 Å². The first kappa shape index (κ1) is 27.0. The number of methoxy groups -OCH3 is 1. The average Bonchev–Trinajstić information content (AvgIpc) is 3.66. The van der Waals surface area contributed by atoms with Crippen LogP contribution in [0.15, 0.2) is 60.8 Å². The number of hydrogen-bond donors (Lipinski definition) is 1. The van der Waals surface area contributed by atoms with E-state index in [9.17, 15) is 9.90 Å². The largest absolute Gasteiger partial charge is 0.488 e. The van der Waals surface area contributed by atoms with Gasteiger partial charge in [0.1, 0.15) is 17.9 Å². The number of aromatic carboxylic acids is 1. The lowest BCUT2D eigenvalue weighted by molar-refractivity contribution is 0.0693. The zero-order valence-electron chi connectivity index (χ0n) is 23.4. The summed E-state index contributed by atoms with van der Waals surface area (Å²) in [6.07, 6.45) is 3.48. The summed E-state index contributed by atoms with van der Waals surface area (Å²) in [4.78, 5) is 18.9. The standard InChI is InChI=1S/C32H34N4O5/c1-21-5-3-6-26(28-7-4-8-29(34-28)36-31(39-2)27(16-33-36)32(37)38)30(21)41-20-22-9-10-25-18-35(13-11-24(25)15-22)17-23-12-14-40-19-23/h3-10,15-16,23H,11-14,17-20H2,1-2H3,(H,37,38)/t23-/m0/s1. The Morgan fingerprint density at radius 3 is 2.83 bits per heavy atom. The van der Waals surface area contributed by atoms with E-state index in [1.54, 1.807) is 6.07 Å². The van der Waals surface area contributed by atoms with Gasteiger partial charge >= 0.3 is 5.97 Å². The second-order valence-corrected chi connectivity index (χ2v) is 10.7. The predicted molar refractivity (Wildman–Crippen MR) is 154 cm³/mol. The van der Waals surface area contributed by atoms with Crippen molar-refractivity contribution in [3.63, 3.8) is 0 Å². The number of aromatic nitrogens is 3. The number of carboxylic acid groups (broad SMARTS) is 1. The van der Waals surface area contributed by atoms with E-state index in [1.807, 2.05) is 37.3 Å². The Labute approximate surface area is 239 Å². The highest BCUT2D eigenvalue weighted by atomic mass is 16.5. The first-order valence-electron chi connectivity index (χ1n) is 14.0. The summed E-state index contributed by atoms with van der Waals surface area (Å²) in [5.41, 5.74) is 6.45. The number of para-hydroxylation sites is 1. The van der Waals surface area contributed by atoms with Crippen LogP contribution >= 0.6 is 0 Å². The van der Waals surface area contributed by atoms with Gasteiger partial charge in [-0.2, -0.15) is 9.78 Å². The van der Waals surface area contributed by atoms with Crippen LogP contribution in [0.1, 0.15) is 39.0 Å². The van der Waals surface area contributed by atoms with Crippen molar-refractivity contribution in [3.8, 4) is 28.7 Å². The number of nitrogens with zero attached hydrogens (tertiary/aromatic N) is 4. The van der Waals surface area contributed by atoms with Gasteiger partial charge in [-0.3, -0.25) is 4.90 Å². The van der Waals surface area contributed by atoms with Gasteiger partial charge in [0.15, 0.2) is 5.82 Å². The molecule has 1 N–H and O–H groups in total. The number of carboxylic acids is 1.